The van der Waals surface area contributed by atoms with Gasteiger partial charge in [-0.15, -0.1) is 0 Å². The number of likely N-dealkylation sites (N-methyl/N-ethyl adjacent to an activating group) is 1. The first kappa shape index (κ1) is 14.6. The molecule has 0 aromatic heterocycles. The number of aryl methyl sites for hydroxylation is 1. The maximum absolute atomic E-state index is 13.1. The lowest BCUT2D eigenvalue weighted by Gasteiger charge is -2.20. The highest BCUT2D eigenvalue weighted by molar-refractivity contribution is 5.78. The topological polar surface area (TPSA) is 46.3 Å². The third-order valence-corrected chi connectivity index (χ3v) is 2.99. The summed E-state index contributed by atoms with van der Waals surface area (Å²) in [6, 6.07) is 4.77. The van der Waals surface area contributed by atoms with E-state index in [-0.39, 0.29) is 17.6 Å². The van der Waals surface area contributed by atoms with Gasteiger partial charge < -0.3 is 10.6 Å². The fourth-order valence-electron chi connectivity index (χ4n) is 1.77. The number of nitrogens with zero attached hydrogens (tertiary/aromatic N) is 1. The molecule has 0 aliphatic heterocycles. The highest BCUT2D eigenvalue weighted by atomic mass is 19.1. The van der Waals surface area contributed by atoms with E-state index >= 15 is 0 Å². The Morgan fingerprint density at radius 1 is 1.50 bits per heavy atom. The maximum Gasteiger partial charge on any atom is 0.226 e. The van der Waals surface area contributed by atoms with Crippen LogP contribution < -0.4 is 5.73 Å². The number of carbonyl (C=O) groups excluding carboxylic acids is 1. The molecule has 18 heavy (non-hydrogen) atoms. The summed E-state index contributed by atoms with van der Waals surface area (Å²) in [5.74, 6) is 0.0755. The summed E-state index contributed by atoms with van der Waals surface area (Å²) in [5, 5.41) is 0. The number of halogens is 1. The first-order valence-electron chi connectivity index (χ1n) is 6.13. The molecule has 0 heterocycles. The molecule has 4 heteroatoms. The van der Waals surface area contributed by atoms with Crippen molar-refractivity contribution in [3.63, 3.8) is 0 Å². The molecule has 1 rings (SSSR count). The molecule has 0 fully saturated rings. The number of rotatable bonds is 5. The van der Waals surface area contributed by atoms with E-state index < -0.39 is 0 Å². The zero-order valence-electron chi connectivity index (χ0n) is 11.2. The van der Waals surface area contributed by atoms with Crippen molar-refractivity contribution in [2.45, 2.75) is 20.3 Å². The molecule has 0 aliphatic rings. The van der Waals surface area contributed by atoms with Gasteiger partial charge in [0.05, 0.1) is 6.42 Å². The number of hydrogen-bond acceptors (Lipinski definition) is 2. The van der Waals surface area contributed by atoms with Crippen LogP contribution in [0.4, 0.5) is 4.39 Å². The van der Waals surface area contributed by atoms with Crippen LogP contribution in [0.3, 0.4) is 0 Å². The van der Waals surface area contributed by atoms with Crippen LogP contribution in [0, 0.1) is 18.7 Å². The minimum Gasteiger partial charge on any atom is -0.345 e. The van der Waals surface area contributed by atoms with Crippen molar-refractivity contribution in [3.8, 4) is 0 Å². The molecule has 3 nitrogen and oxygen atoms in total. The van der Waals surface area contributed by atoms with Gasteiger partial charge in [0.1, 0.15) is 5.82 Å². The molecule has 0 saturated carbocycles. The van der Waals surface area contributed by atoms with Gasteiger partial charge in [0, 0.05) is 13.6 Å². The van der Waals surface area contributed by atoms with Gasteiger partial charge in [0.2, 0.25) is 5.91 Å². The summed E-state index contributed by atoms with van der Waals surface area (Å²) >= 11 is 0. The van der Waals surface area contributed by atoms with Crippen LogP contribution in [-0.4, -0.2) is 30.9 Å². The molecule has 1 aromatic carbocycles. The van der Waals surface area contributed by atoms with Gasteiger partial charge in [-0.05, 0) is 36.6 Å². The van der Waals surface area contributed by atoms with Gasteiger partial charge in [0.25, 0.3) is 0 Å². The van der Waals surface area contributed by atoms with E-state index in [4.69, 9.17) is 5.73 Å². The fourth-order valence-corrected chi connectivity index (χ4v) is 1.77. The van der Waals surface area contributed by atoms with E-state index in [0.29, 0.717) is 25.1 Å². The SMILES string of the molecule is Cc1cc(CC(=O)N(C)CC(C)CN)ccc1F. The Hall–Kier alpha value is -1.42. The molecule has 0 radical (unpaired) electrons. The van der Waals surface area contributed by atoms with Gasteiger partial charge in [-0.1, -0.05) is 19.1 Å². The highest BCUT2D eigenvalue weighted by Gasteiger charge is 2.12. The van der Waals surface area contributed by atoms with Gasteiger partial charge >= 0.3 is 0 Å². The Morgan fingerprint density at radius 3 is 2.72 bits per heavy atom. The minimum absolute atomic E-state index is 0.0290. The summed E-state index contributed by atoms with van der Waals surface area (Å²) in [6.45, 7) is 4.91. The van der Waals surface area contributed by atoms with Gasteiger partial charge in [0.15, 0.2) is 0 Å². The van der Waals surface area contributed by atoms with Crippen molar-refractivity contribution in [1.82, 2.24) is 4.90 Å². The van der Waals surface area contributed by atoms with Gasteiger partial charge in [-0.25, -0.2) is 4.39 Å². The smallest absolute Gasteiger partial charge is 0.226 e. The minimum atomic E-state index is -0.240. The Bertz CT molecular complexity index is 420. The lowest BCUT2D eigenvalue weighted by Crippen LogP contribution is -2.34. The predicted octanol–water partition coefficient (Wildman–Crippen LogP) is 1.73. The summed E-state index contributed by atoms with van der Waals surface area (Å²) in [5.41, 5.74) is 6.94. The predicted molar refractivity (Wildman–Crippen MR) is 70.7 cm³/mol. The molecule has 1 atom stereocenters. The van der Waals surface area contributed by atoms with E-state index in [9.17, 15) is 9.18 Å². The van der Waals surface area contributed by atoms with Crippen LogP contribution in [0.5, 0.6) is 0 Å². The van der Waals surface area contributed by atoms with Crippen LogP contribution in [-0.2, 0) is 11.2 Å². The average molecular weight is 252 g/mol. The van der Waals surface area contributed by atoms with Crippen LogP contribution in [0.25, 0.3) is 0 Å². The maximum atomic E-state index is 13.1. The normalized spacial score (nSPS) is 12.3. The van der Waals surface area contributed by atoms with Crippen LogP contribution >= 0.6 is 0 Å². The Kier molecular flexibility index (Phi) is 5.28. The molecule has 1 amide bonds. The molecule has 0 saturated heterocycles. The first-order chi connectivity index (χ1) is 8.43. The van der Waals surface area contributed by atoms with Crippen molar-refractivity contribution >= 4 is 5.91 Å². The Labute approximate surface area is 108 Å². The zero-order valence-corrected chi connectivity index (χ0v) is 11.2. The molecule has 0 spiro atoms. The van der Waals surface area contributed by atoms with Crippen molar-refractivity contribution < 1.29 is 9.18 Å². The van der Waals surface area contributed by atoms with Crippen LogP contribution in [0.2, 0.25) is 0 Å². The number of hydrogen-bond donors (Lipinski definition) is 1. The largest absolute Gasteiger partial charge is 0.345 e. The van der Waals surface area contributed by atoms with E-state index in [1.54, 1.807) is 31.0 Å². The van der Waals surface area contributed by atoms with E-state index in [2.05, 4.69) is 0 Å². The average Bonchev–Trinajstić information content (AvgIpc) is 2.33. The molecule has 1 unspecified atom stereocenters. The lowest BCUT2D eigenvalue weighted by atomic mass is 10.1. The third-order valence-electron chi connectivity index (χ3n) is 2.99. The van der Waals surface area contributed by atoms with Crippen molar-refractivity contribution in [1.29, 1.82) is 0 Å². The third kappa shape index (κ3) is 4.11. The molecular formula is C14H21FN2O. The number of benzene rings is 1. The molecule has 0 bridgehead atoms. The van der Waals surface area contributed by atoms with Gasteiger partial charge in [-0.3, -0.25) is 4.79 Å². The Balaban J connectivity index is 2.61. The Morgan fingerprint density at radius 2 is 2.17 bits per heavy atom. The molecule has 2 N–H and O–H groups in total. The van der Waals surface area contributed by atoms with E-state index in [1.165, 1.54) is 6.07 Å². The number of nitrogens with two attached hydrogens (primary N) is 1. The van der Waals surface area contributed by atoms with Crippen LogP contribution in [0.1, 0.15) is 18.1 Å². The second-order valence-corrected chi connectivity index (χ2v) is 4.88. The molecule has 1 aromatic rings. The van der Waals surface area contributed by atoms with E-state index in [0.717, 1.165) is 5.56 Å². The summed E-state index contributed by atoms with van der Waals surface area (Å²) < 4.78 is 13.1. The standard InChI is InChI=1S/C14H21FN2O/c1-10(8-16)9-17(3)14(18)7-12-4-5-13(15)11(2)6-12/h4-6,10H,7-9,16H2,1-3H3. The quantitative estimate of drug-likeness (QED) is 0.867. The molecular weight excluding hydrogens is 231 g/mol. The lowest BCUT2D eigenvalue weighted by molar-refractivity contribution is -0.129. The fraction of sp³-hybridized carbons (Fsp3) is 0.500. The summed E-state index contributed by atoms with van der Waals surface area (Å²) in [4.78, 5) is 13.6. The number of carbonyl (C=O) groups is 1. The first-order valence-corrected chi connectivity index (χ1v) is 6.13. The van der Waals surface area contributed by atoms with Crippen molar-refractivity contribution in [2.24, 2.45) is 11.7 Å². The summed E-state index contributed by atoms with van der Waals surface area (Å²) in [6.07, 6.45) is 0.301. The number of amides is 1. The van der Waals surface area contributed by atoms with Crippen molar-refractivity contribution in [2.75, 3.05) is 20.1 Å². The van der Waals surface area contributed by atoms with Crippen molar-refractivity contribution in [3.05, 3.63) is 35.1 Å². The zero-order chi connectivity index (χ0) is 13.7. The summed E-state index contributed by atoms with van der Waals surface area (Å²) in [7, 11) is 1.77. The highest BCUT2D eigenvalue weighted by Crippen LogP contribution is 2.11. The molecule has 100 valence electrons. The van der Waals surface area contributed by atoms with Gasteiger partial charge in [-0.2, -0.15) is 0 Å². The second-order valence-electron chi connectivity index (χ2n) is 4.88. The molecule has 0 aliphatic carbocycles. The second kappa shape index (κ2) is 6.50. The monoisotopic (exact) mass is 252 g/mol. The van der Waals surface area contributed by atoms with E-state index in [1.807, 2.05) is 6.92 Å². The van der Waals surface area contributed by atoms with Crippen LogP contribution in [0.15, 0.2) is 18.2 Å².